The first-order chi connectivity index (χ1) is 9.70. The van der Waals surface area contributed by atoms with Crippen LogP contribution in [0.4, 0.5) is 0 Å². The van der Waals surface area contributed by atoms with Crippen LogP contribution in [0.5, 0.6) is 0 Å². The molecule has 2 rings (SSSR count). The number of rotatable bonds is 3. The maximum absolute atomic E-state index is 10.8. The van der Waals surface area contributed by atoms with Crippen LogP contribution in [0.15, 0.2) is 53.0 Å². The highest BCUT2D eigenvalue weighted by atomic mass is 79.9. The zero-order chi connectivity index (χ0) is 15.7. The van der Waals surface area contributed by atoms with E-state index in [-0.39, 0.29) is 5.41 Å². The van der Waals surface area contributed by atoms with Crippen molar-refractivity contribution >= 4 is 15.9 Å². The van der Waals surface area contributed by atoms with E-state index in [1.165, 1.54) is 5.56 Å². The van der Waals surface area contributed by atoms with E-state index >= 15 is 0 Å². The van der Waals surface area contributed by atoms with Gasteiger partial charge in [0.05, 0.1) is 5.60 Å². The monoisotopic (exact) mass is 346 g/mol. The summed E-state index contributed by atoms with van der Waals surface area (Å²) < 4.78 is 0.946. The Balaban J connectivity index is 2.23. The lowest BCUT2D eigenvalue weighted by molar-refractivity contribution is 0.0569. The largest absolute Gasteiger partial charge is 0.385 e. The van der Waals surface area contributed by atoms with E-state index in [2.05, 4.69) is 61.0 Å². The minimum atomic E-state index is -0.886. The first-order valence-electron chi connectivity index (χ1n) is 7.27. The van der Waals surface area contributed by atoms with Crippen LogP contribution in [0.3, 0.4) is 0 Å². The quantitative estimate of drug-likeness (QED) is 0.809. The molecule has 0 aliphatic rings. The van der Waals surface area contributed by atoms with Crippen LogP contribution in [0.2, 0.25) is 0 Å². The summed E-state index contributed by atoms with van der Waals surface area (Å²) in [5.41, 5.74) is 2.65. The van der Waals surface area contributed by atoms with Crippen LogP contribution < -0.4 is 0 Å². The highest BCUT2D eigenvalue weighted by Gasteiger charge is 2.25. The molecular weight excluding hydrogens is 324 g/mol. The Labute approximate surface area is 136 Å². The number of halogens is 1. The van der Waals surface area contributed by atoms with Gasteiger partial charge in [-0.25, -0.2) is 0 Å². The number of aliphatic hydroxyl groups is 1. The lowest BCUT2D eigenvalue weighted by Gasteiger charge is -2.26. The molecule has 0 saturated heterocycles. The minimum absolute atomic E-state index is 0.156. The third kappa shape index (κ3) is 3.96. The van der Waals surface area contributed by atoms with Gasteiger partial charge in [-0.1, -0.05) is 79.2 Å². The topological polar surface area (TPSA) is 20.2 Å². The van der Waals surface area contributed by atoms with Crippen molar-refractivity contribution in [2.75, 3.05) is 0 Å². The molecule has 2 heteroatoms. The van der Waals surface area contributed by atoms with Gasteiger partial charge in [0.2, 0.25) is 0 Å². The molecule has 0 aliphatic carbocycles. The second-order valence-electron chi connectivity index (χ2n) is 6.88. The summed E-state index contributed by atoms with van der Waals surface area (Å²) in [7, 11) is 0. The van der Waals surface area contributed by atoms with Gasteiger partial charge >= 0.3 is 0 Å². The standard InChI is InChI=1S/C19H23BrO/c1-18(2,3)15-11-9-14(10-12-15)13-19(4,21)16-7-5-6-8-17(16)20/h5-12,21H,13H2,1-4H3. The van der Waals surface area contributed by atoms with E-state index in [0.717, 1.165) is 15.6 Å². The second kappa shape index (κ2) is 5.94. The molecule has 1 atom stereocenters. The van der Waals surface area contributed by atoms with Crippen molar-refractivity contribution in [3.8, 4) is 0 Å². The third-order valence-corrected chi connectivity index (χ3v) is 4.51. The molecule has 0 aromatic heterocycles. The Morgan fingerprint density at radius 1 is 0.905 bits per heavy atom. The molecule has 0 radical (unpaired) electrons. The summed E-state index contributed by atoms with van der Waals surface area (Å²) in [5, 5.41) is 10.8. The van der Waals surface area contributed by atoms with Crippen LogP contribution in [0, 0.1) is 0 Å². The van der Waals surface area contributed by atoms with Gasteiger partial charge in [-0.05, 0) is 35.1 Å². The van der Waals surface area contributed by atoms with E-state index < -0.39 is 5.60 Å². The zero-order valence-electron chi connectivity index (χ0n) is 13.2. The Morgan fingerprint density at radius 2 is 1.48 bits per heavy atom. The molecule has 0 aliphatic heterocycles. The summed E-state index contributed by atoms with van der Waals surface area (Å²) in [6.45, 7) is 8.49. The van der Waals surface area contributed by atoms with Crippen LogP contribution in [0.25, 0.3) is 0 Å². The molecule has 2 aromatic rings. The van der Waals surface area contributed by atoms with E-state index in [0.29, 0.717) is 6.42 Å². The van der Waals surface area contributed by atoms with E-state index in [9.17, 15) is 5.11 Å². The van der Waals surface area contributed by atoms with Crippen molar-refractivity contribution in [2.45, 2.75) is 45.1 Å². The molecule has 0 saturated carbocycles. The smallest absolute Gasteiger partial charge is 0.0919 e. The van der Waals surface area contributed by atoms with Crippen LogP contribution in [-0.4, -0.2) is 5.11 Å². The molecular formula is C19H23BrO. The van der Waals surface area contributed by atoms with Gasteiger partial charge < -0.3 is 5.11 Å². The molecule has 1 N–H and O–H groups in total. The van der Waals surface area contributed by atoms with Crippen LogP contribution >= 0.6 is 15.9 Å². The fraction of sp³-hybridized carbons (Fsp3) is 0.368. The van der Waals surface area contributed by atoms with Crippen molar-refractivity contribution < 1.29 is 5.11 Å². The number of hydrogen-bond acceptors (Lipinski definition) is 1. The van der Waals surface area contributed by atoms with Gasteiger partial charge in [-0.15, -0.1) is 0 Å². The Bertz CT molecular complexity index is 606. The third-order valence-electron chi connectivity index (χ3n) is 3.82. The van der Waals surface area contributed by atoms with Gasteiger partial charge in [0.15, 0.2) is 0 Å². The van der Waals surface area contributed by atoms with Crippen LogP contribution in [0.1, 0.15) is 44.4 Å². The normalized spacial score (nSPS) is 14.8. The SMILES string of the molecule is CC(C)(C)c1ccc(CC(C)(O)c2ccccc2Br)cc1. The Kier molecular flexibility index (Phi) is 4.60. The molecule has 1 unspecified atom stereocenters. The molecule has 0 bridgehead atoms. The van der Waals surface area contributed by atoms with Crippen molar-refractivity contribution in [1.82, 2.24) is 0 Å². The van der Waals surface area contributed by atoms with Crippen molar-refractivity contribution in [3.63, 3.8) is 0 Å². The van der Waals surface area contributed by atoms with Crippen molar-refractivity contribution in [2.24, 2.45) is 0 Å². The van der Waals surface area contributed by atoms with E-state index in [1.807, 2.05) is 31.2 Å². The highest BCUT2D eigenvalue weighted by molar-refractivity contribution is 9.10. The molecule has 0 heterocycles. The molecule has 112 valence electrons. The zero-order valence-corrected chi connectivity index (χ0v) is 14.7. The predicted molar refractivity (Wildman–Crippen MR) is 92.6 cm³/mol. The average molecular weight is 347 g/mol. The first kappa shape index (κ1) is 16.3. The maximum Gasteiger partial charge on any atom is 0.0919 e. The molecule has 0 amide bonds. The van der Waals surface area contributed by atoms with Gasteiger partial charge in [-0.3, -0.25) is 0 Å². The predicted octanol–water partition coefficient (Wildman–Crippen LogP) is 5.20. The Morgan fingerprint density at radius 3 is 2.00 bits per heavy atom. The van der Waals surface area contributed by atoms with Gasteiger partial charge in [0, 0.05) is 10.9 Å². The summed E-state index contributed by atoms with van der Waals surface area (Å²) in [4.78, 5) is 0. The molecule has 2 aromatic carbocycles. The lowest BCUT2D eigenvalue weighted by atomic mass is 9.84. The van der Waals surface area contributed by atoms with Crippen molar-refractivity contribution in [1.29, 1.82) is 0 Å². The Hall–Kier alpha value is -1.12. The van der Waals surface area contributed by atoms with E-state index in [1.54, 1.807) is 0 Å². The molecule has 21 heavy (non-hydrogen) atoms. The number of hydrogen-bond donors (Lipinski definition) is 1. The fourth-order valence-corrected chi connectivity index (χ4v) is 3.23. The molecule has 0 fully saturated rings. The second-order valence-corrected chi connectivity index (χ2v) is 7.73. The summed E-state index contributed by atoms with van der Waals surface area (Å²) >= 11 is 3.52. The van der Waals surface area contributed by atoms with Gasteiger partial charge in [-0.2, -0.15) is 0 Å². The van der Waals surface area contributed by atoms with Crippen LogP contribution in [-0.2, 0) is 17.4 Å². The number of benzene rings is 2. The highest BCUT2D eigenvalue weighted by Crippen LogP contribution is 2.31. The summed E-state index contributed by atoms with van der Waals surface area (Å²) in [5.74, 6) is 0. The molecule has 0 spiro atoms. The lowest BCUT2D eigenvalue weighted by Crippen LogP contribution is -2.24. The fourth-order valence-electron chi connectivity index (χ4n) is 2.51. The molecule has 1 nitrogen and oxygen atoms in total. The van der Waals surface area contributed by atoms with Gasteiger partial charge in [0.25, 0.3) is 0 Å². The summed E-state index contributed by atoms with van der Waals surface area (Å²) in [6.07, 6.45) is 0.597. The van der Waals surface area contributed by atoms with Gasteiger partial charge in [0.1, 0.15) is 0 Å². The average Bonchev–Trinajstić information content (AvgIpc) is 2.38. The first-order valence-corrected chi connectivity index (χ1v) is 8.06. The maximum atomic E-state index is 10.8. The van der Waals surface area contributed by atoms with Crippen molar-refractivity contribution in [3.05, 3.63) is 69.7 Å². The van der Waals surface area contributed by atoms with E-state index in [4.69, 9.17) is 0 Å². The minimum Gasteiger partial charge on any atom is -0.385 e. The summed E-state index contributed by atoms with van der Waals surface area (Å²) in [6, 6.07) is 16.4.